The summed E-state index contributed by atoms with van der Waals surface area (Å²) in [5.74, 6) is -1.73. The Labute approximate surface area is 168 Å². The molecule has 0 saturated heterocycles. The van der Waals surface area contributed by atoms with Gasteiger partial charge in [-0.2, -0.15) is 0 Å². The number of halogens is 2. The average Bonchev–Trinajstić information content (AvgIpc) is 2.71. The van der Waals surface area contributed by atoms with Crippen LogP contribution in [0.15, 0.2) is 83.4 Å². The first-order valence-electron chi connectivity index (χ1n) is 8.13. The van der Waals surface area contributed by atoms with E-state index in [1.54, 1.807) is 0 Å². The lowest BCUT2D eigenvalue weighted by Gasteiger charge is -2.11. The summed E-state index contributed by atoms with van der Waals surface area (Å²) in [5.41, 5.74) is 2.72. The number of allylic oxidation sites excluding steroid dienone is 2. The van der Waals surface area contributed by atoms with Gasteiger partial charge >= 0.3 is 11.9 Å². The minimum Gasteiger partial charge on any atom is -0.457 e. The van der Waals surface area contributed by atoms with Crippen LogP contribution in [-0.2, 0) is 32.3 Å². The molecule has 0 aliphatic carbocycles. The summed E-state index contributed by atoms with van der Waals surface area (Å²) in [6, 6.07) is 18.3. The van der Waals surface area contributed by atoms with Crippen molar-refractivity contribution >= 4 is 35.1 Å². The van der Waals surface area contributed by atoms with E-state index in [9.17, 15) is 9.59 Å². The summed E-state index contributed by atoms with van der Waals surface area (Å²) >= 11 is 11.5. The molecular formula is C21H18Cl2O4. The van der Waals surface area contributed by atoms with Crippen LogP contribution in [0.3, 0.4) is 0 Å². The zero-order valence-corrected chi connectivity index (χ0v) is 16.0. The van der Waals surface area contributed by atoms with Gasteiger partial charge in [0.05, 0.1) is 0 Å². The van der Waals surface area contributed by atoms with Crippen LogP contribution in [0.25, 0.3) is 0 Å². The van der Waals surface area contributed by atoms with E-state index >= 15 is 0 Å². The van der Waals surface area contributed by atoms with Crippen molar-refractivity contribution in [1.29, 1.82) is 0 Å². The molecule has 2 rings (SSSR count). The Morgan fingerprint density at radius 1 is 0.815 bits per heavy atom. The summed E-state index contributed by atoms with van der Waals surface area (Å²) in [6.07, 6.45) is 1.37. The van der Waals surface area contributed by atoms with E-state index in [4.69, 9.17) is 32.7 Å². The van der Waals surface area contributed by atoms with E-state index in [0.29, 0.717) is 0 Å². The number of alkyl halides is 1. The van der Waals surface area contributed by atoms with E-state index in [1.165, 1.54) is 11.6 Å². The molecule has 0 aliphatic heterocycles. The van der Waals surface area contributed by atoms with Gasteiger partial charge in [-0.05, 0) is 22.8 Å². The summed E-state index contributed by atoms with van der Waals surface area (Å²) < 4.78 is 10.5. The summed E-state index contributed by atoms with van der Waals surface area (Å²) in [7, 11) is 0. The Morgan fingerprint density at radius 2 is 1.26 bits per heavy atom. The van der Waals surface area contributed by atoms with Crippen molar-refractivity contribution in [3.63, 3.8) is 0 Å². The van der Waals surface area contributed by atoms with Gasteiger partial charge in [-0.25, -0.2) is 9.59 Å². The molecule has 0 aliphatic rings. The molecule has 0 heterocycles. The quantitative estimate of drug-likeness (QED) is 0.159. The van der Waals surface area contributed by atoms with Crippen LogP contribution >= 0.6 is 23.2 Å². The maximum Gasteiger partial charge on any atom is 0.346 e. The molecule has 0 saturated carbocycles. The lowest BCUT2D eigenvalue weighted by molar-refractivity contribution is -0.148. The van der Waals surface area contributed by atoms with Gasteiger partial charge in [0.15, 0.2) is 0 Å². The van der Waals surface area contributed by atoms with Crippen molar-refractivity contribution in [3.05, 3.63) is 94.5 Å². The maximum atomic E-state index is 12.5. The number of benzene rings is 2. The molecule has 140 valence electrons. The lowest BCUT2D eigenvalue weighted by atomic mass is 10.1. The number of hydrogen-bond donors (Lipinski definition) is 0. The normalized spacial score (nSPS) is 10.4. The van der Waals surface area contributed by atoms with Crippen LogP contribution in [0, 0.1) is 0 Å². The molecule has 6 heteroatoms. The Kier molecular flexibility index (Phi) is 8.62. The molecule has 0 aromatic heterocycles. The average molecular weight is 405 g/mol. The molecule has 0 atom stereocenters. The van der Waals surface area contributed by atoms with Gasteiger partial charge in [-0.3, -0.25) is 0 Å². The van der Waals surface area contributed by atoms with E-state index in [0.717, 1.165) is 11.1 Å². The van der Waals surface area contributed by atoms with Crippen LogP contribution in [0.4, 0.5) is 0 Å². The number of carbonyl (C=O) groups is 2. The molecular weight excluding hydrogens is 387 g/mol. The Morgan fingerprint density at radius 3 is 1.63 bits per heavy atom. The summed E-state index contributed by atoms with van der Waals surface area (Å²) in [5, 5.41) is 0. The van der Waals surface area contributed by atoms with E-state index in [1.807, 2.05) is 60.7 Å². The predicted octanol–water partition coefficient (Wildman–Crippen LogP) is 4.76. The number of rotatable bonds is 8. The SMILES string of the molecule is O=C(OCc1ccccc1)C(C(=O)OCc1ccccc1)=C(C=CCl)CCl. The van der Waals surface area contributed by atoms with Crippen molar-refractivity contribution in [2.24, 2.45) is 0 Å². The van der Waals surface area contributed by atoms with Crippen molar-refractivity contribution in [2.75, 3.05) is 5.88 Å². The number of hydrogen-bond acceptors (Lipinski definition) is 4. The molecule has 4 nitrogen and oxygen atoms in total. The number of carbonyl (C=O) groups excluding carboxylic acids is 2. The Balaban J connectivity index is 2.15. The predicted molar refractivity (Wildman–Crippen MR) is 105 cm³/mol. The third kappa shape index (κ3) is 6.59. The third-order valence-electron chi connectivity index (χ3n) is 3.56. The largest absolute Gasteiger partial charge is 0.457 e. The number of ether oxygens (including phenoxy) is 2. The monoisotopic (exact) mass is 404 g/mol. The molecule has 2 aromatic carbocycles. The number of esters is 2. The molecule has 2 aromatic rings. The summed E-state index contributed by atoms with van der Waals surface area (Å²) in [4.78, 5) is 25.1. The zero-order chi connectivity index (χ0) is 19.5. The molecule has 0 N–H and O–H groups in total. The van der Waals surface area contributed by atoms with Crippen LogP contribution < -0.4 is 0 Å². The standard InChI is InChI=1S/C21H18Cl2O4/c22-12-11-18(13-23)19(20(24)26-14-16-7-3-1-4-8-16)21(25)27-15-17-9-5-2-6-10-17/h1-12H,13-15H2. The third-order valence-corrected chi connectivity index (χ3v) is 3.98. The highest BCUT2D eigenvalue weighted by Crippen LogP contribution is 2.16. The second-order valence-corrected chi connectivity index (χ2v) is 5.97. The first kappa shape index (κ1) is 20.7. The molecule has 0 unspecified atom stereocenters. The van der Waals surface area contributed by atoms with Crippen LogP contribution in [-0.4, -0.2) is 17.8 Å². The van der Waals surface area contributed by atoms with Gasteiger partial charge in [-0.1, -0.05) is 72.3 Å². The van der Waals surface area contributed by atoms with Crippen molar-refractivity contribution in [2.45, 2.75) is 13.2 Å². The molecule has 0 bridgehead atoms. The topological polar surface area (TPSA) is 52.6 Å². The highest BCUT2D eigenvalue weighted by molar-refractivity contribution is 6.26. The van der Waals surface area contributed by atoms with E-state index in [-0.39, 0.29) is 30.2 Å². The van der Waals surface area contributed by atoms with Gasteiger partial charge in [-0.15, -0.1) is 11.6 Å². The fraction of sp³-hybridized carbons (Fsp3) is 0.143. The van der Waals surface area contributed by atoms with Crippen molar-refractivity contribution in [3.8, 4) is 0 Å². The fourth-order valence-corrected chi connectivity index (χ4v) is 2.58. The van der Waals surface area contributed by atoms with Gasteiger partial charge < -0.3 is 9.47 Å². The Hall–Kier alpha value is -2.56. The second-order valence-electron chi connectivity index (χ2n) is 5.45. The minimum absolute atomic E-state index is 0.0231. The lowest BCUT2D eigenvalue weighted by Crippen LogP contribution is -2.20. The highest BCUT2D eigenvalue weighted by atomic mass is 35.5. The second kappa shape index (κ2) is 11.2. The molecule has 0 spiro atoms. The Bertz CT molecular complexity index is 757. The van der Waals surface area contributed by atoms with Crippen LogP contribution in [0.2, 0.25) is 0 Å². The minimum atomic E-state index is -0.817. The first-order chi connectivity index (χ1) is 13.2. The molecule has 0 fully saturated rings. The molecule has 0 amide bonds. The van der Waals surface area contributed by atoms with E-state index in [2.05, 4.69) is 0 Å². The fourth-order valence-electron chi connectivity index (χ4n) is 2.21. The van der Waals surface area contributed by atoms with Crippen LogP contribution in [0.5, 0.6) is 0 Å². The van der Waals surface area contributed by atoms with Gasteiger partial charge in [0.25, 0.3) is 0 Å². The maximum absolute atomic E-state index is 12.5. The molecule has 0 radical (unpaired) electrons. The van der Waals surface area contributed by atoms with Crippen molar-refractivity contribution < 1.29 is 19.1 Å². The van der Waals surface area contributed by atoms with Crippen molar-refractivity contribution in [1.82, 2.24) is 0 Å². The van der Waals surface area contributed by atoms with Crippen LogP contribution in [0.1, 0.15) is 11.1 Å². The first-order valence-corrected chi connectivity index (χ1v) is 9.10. The molecule has 27 heavy (non-hydrogen) atoms. The highest BCUT2D eigenvalue weighted by Gasteiger charge is 2.25. The van der Waals surface area contributed by atoms with Gasteiger partial charge in [0.1, 0.15) is 18.8 Å². The van der Waals surface area contributed by atoms with Gasteiger partial charge in [0.2, 0.25) is 0 Å². The van der Waals surface area contributed by atoms with Gasteiger partial charge in [0, 0.05) is 11.4 Å². The van der Waals surface area contributed by atoms with E-state index < -0.39 is 11.9 Å². The zero-order valence-electron chi connectivity index (χ0n) is 14.4. The smallest absolute Gasteiger partial charge is 0.346 e. The summed E-state index contributed by atoms with van der Waals surface area (Å²) in [6.45, 7) is 0.0462.